The molecule has 0 fully saturated rings. The molecular formula is C9H14N2O5S. The molecule has 1 rings (SSSR count). The lowest BCUT2D eigenvalue weighted by atomic mass is 10.2. The molecule has 1 aromatic heterocycles. The molecule has 7 nitrogen and oxygen atoms in total. The van der Waals surface area contributed by atoms with Gasteiger partial charge in [0.05, 0.1) is 0 Å². The number of sulfonamides is 1. The van der Waals surface area contributed by atoms with Crippen molar-refractivity contribution in [2.45, 2.75) is 38.1 Å². The average Bonchev–Trinajstić information content (AvgIpc) is 2.55. The van der Waals surface area contributed by atoms with Gasteiger partial charge in [-0.1, -0.05) is 12.1 Å². The summed E-state index contributed by atoms with van der Waals surface area (Å²) in [7, 11) is -3.92. The van der Waals surface area contributed by atoms with Crippen LogP contribution >= 0.6 is 0 Å². The van der Waals surface area contributed by atoms with Crippen LogP contribution in [0.2, 0.25) is 0 Å². The van der Waals surface area contributed by atoms with Crippen LogP contribution in [0.5, 0.6) is 0 Å². The Bertz CT molecular complexity index is 500. The molecule has 8 heteroatoms. The van der Waals surface area contributed by atoms with Crippen molar-refractivity contribution in [2.75, 3.05) is 0 Å². The van der Waals surface area contributed by atoms with Crippen molar-refractivity contribution in [3.63, 3.8) is 0 Å². The molecule has 1 atom stereocenters. The highest BCUT2D eigenvalue weighted by molar-refractivity contribution is 7.89. The monoisotopic (exact) mass is 262 g/mol. The average molecular weight is 262 g/mol. The Morgan fingerprint density at radius 1 is 1.53 bits per heavy atom. The number of carbonyl (C=O) groups is 1. The second-order valence-corrected chi connectivity index (χ2v) is 5.22. The Balaban J connectivity index is 3.09. The van der Waals surface area contributed by atoms with E-state index in [1.165, 1.54) is 13.8 Å². The predicted molar refractivity (Wildman–Crippen MR) is 58.0 cm³/mol. The van der Waals surface area contributed by atoms with Crippen molar-refractivity contribution in [1.82, 2.24) is 9.88 Å². The molecule has 0 saturated heterocycles. The summed E-state index contributed by atoms with van der Waals surface area (Å²) in [5.41, 5.74) is 0.204. The number of aromatic nitrogens is 1. The molecule has 0 spiro atoms. The van der Waals surface area contributed by atoms with Crippen molar-refractivity contribution in [2.24, 2.45) is 0 Å². The fourth-order valence-electron chi connectivity index (χ4n) is 1.41. The number of aliphatic carboxylic acids is 1. The third kappa shape index (κ3) is 2.83. The van der Waals surface area contributed by atoms with E-state index in [1.54, 1.807) is 6.92 Å². The molecule has 0 aromatic carbocycles. The number of aryl methyl sites for hydroxylation is 2. The Morgan fingerprint density at radius 2 is 2.12 bits per heavy atom. The second-order valence-electron chi connectivity index (χ2n) is 3.57. The van der Waals surface area contributed by atoms with Crippen LogP contribution in [0.25, 0.3) is 0 Å². The molecule has 0 aliphatic rings. The topological polar surface area (TPSA) is 110 Å². The summed E-state index contributed by atoms with van der Waals surface area (Å²) in [4.78, 5) is 10.7. The van der Waals surface area contributed by atoms with Gasteiger partial charge in [0.25, 0.3) is 0 Å². The molecule has 0 radical (unpaired) electrons. The van der Waals surface area contributed by atoms with Crippen LogP contribution in [0.4, 0.5) is 0 Å². The molecule has 17 heavy (non-hydrogen) atoms. The largest absolute Gasteiger partial charge is 0.480 e. The van der Waals surface area contributed by atoms with E-state index in [0.717, 1.165) is 0 Å². The maximum absolute atomic E-state index is 11.9. The van der Waals surface area contributed by atoms with Crippen LogP contribution in [-0.4, -0.2) is 30.7 Å². The minimum atomic E-state index is -3.92. The molecule has 0 amide bonds. The van der Waals surface area contributed by atoms with Gasteiger partial charge < -0.3 is 9.63 Å². The van der Waals surface area contributed by atoms with Gasteiger partial charge in [-0.15, -0.1) is 0 Å². The van der Waals surface area contributed by atoms with Gasteiger partial charge in [-0.2, -0.15) is 4.72 Å². The van der Waals surface area contributed by atoms with E-state index in [9.17, 15) is 13.2 Å². The molecule has 0 saturated carbocycles. The number of carboxylic acid groups (broad SMARTS) is 1. The summed E-state index contributed by atoms with van der Waals surface area (Å²) in [5.74, 6) is -1.09. The van der Waals surface area contributed by atoms with Crippen LogP contribution in [-0.2, 0) is 14.8 Å². The zero-order valence-electron chi connectivity index (χ0n) is 9.72. The van der Waals surface area contributed by atoms with E-state index in [-0.39, 0.29) is 22.8 Å². The van der Waals surface area contributed by atoms with Gasteiger partial charge in [-0.25, -0.2) is 8.42 Å². The van der Waals surface area contributed by atoms with Crippen molar-refractivity contribution in [1.29, 1.82) is 0 Å². The number of nitrogens with one attached hydrogen (secondary N) is 1. The SMILES string of the molecule is CC[C@H](NS(=O)(=O)c1c(C)noc1C)C(=O)O. The minimum Gasteiger partial charge on any atom is -0.480 e. The van der Waals surface area contributed by atoms with E-state index in [0.29, 0.717) is 0 Å². The van der Waals surface area contributed by atoms with Gasteiger partial charge >= 0.3 is 5.97 Å². The quantitative estimate of drug-likeness (QED) is 0.796. The zero-order valence-corrected chi connectivity index (χ0v) is 10.5. The van der Waals surface area contributed by atoms with Gasteiger partial charge in [0.1, 0.15) is 16.6 Å². The summed E-state index contributed by atoms with van der Waals surface area (Å²) in [6.07, 6.45) is 0.151. The van der Waals surface area contributed by atoms with E-state index in [1.807, 2.05) is 0 Å². The minimum absolute atomic E-state index is 0.0998. The van der Waals surface area contributed by atoms with Crippen molar-refractivity contribution >= 4 is 16.0 Å². The smallest absolute Gasteiger partial charge is 0.321 e. The Labute approximate surface area is 98.9 Å². The molecule has 0 bridgehead atoms. The molecule has 1 heterocycles. The lowest BCUT2D eigenvalue weighted by molar-refractivity contribution is -0.139. The normalized spacial score (nSPS) is 13.6. The molecule has 0 aliphatic heterocycles. The fourth-order valence-corrected chi connectivity index (χ4v) is 3.01. The maximum atomic E-state index is 11.9. The van der Waals surface area contributed by atoms with E-state index in [4.69, 9.17) is 9.63 Å². The van der Waals surface area contributed by atoms with Crippen molar-refractivity contribution in [3.05, 3.63) is 11.5 Å². The zero-order chi connectivity index (χ0) is 13.2. The molecule has 2 N–H and O–H groups in total. The number of carboxylic acids is 1. The third-order valence-electron chi connectivity index (χ3n) is 2.24. The summed E-state index contributed by atoms with van der Waals surface area (Å²) < 4.78 is 30.7. The highest BCUT2D eigenvalue weighted by Crippen LogP contribution is 2.19. The summed E-state index contributed by atoms with van der Waals surface area (Å²) in [5, 5.41) is 12.3. The standard InChI is InChI=1S/C9H14N2O5S/c1-4-7(9(12)13)11-17(14,15)8-5(2)10-16-6(8)3/h7,11H,4H2,1-3H3,(H,12,13)/t7-/m0/s1. The van der Waals surface area contributed by atoms with Crippen molar-refractivity contribution in [3.8, 4) is 0 Å². The van der Waals surface area contributed by atoms with E-state index in [2.05, 4.69) is 9.88 Å². The Morgan fingerprint density at radius 3 is 2.47 bits per heavy atom. The number of rotatable bonds is 5. The number of hydrogen-bond donors (Lipinski definition) is 2. The molecule has 0 unspecified atom stereocenters. The van der Waals surface area contributed by atoms with Gasteiger partial charge in [-0.3, -0.25) is 4.79 Å². The first-order chi connectivity index (χ1) is 7.79. The van der Waals surface area contributed by atoms with Crippen LogP contribution in [0.1, 0.15) is 24.8 Å². The lowest BCUT2D eigenvalue weighted by Crippen LogP contribution is -2.40. The number of nitrogens with zero attached hydrogens (tertiary/aromatic N) is 1. The molecule has 0 aliphatic carbocycles. The van der Waals surface area contributed by atoms with Crippen LogP contribution in [0.15, 0.2) is 9.42 Å². The van der Waals surface area contributed by atoms with E-state index < -0.39 is 22.0 Å². The summed E-state index contributed by atoms with van der Waals surface area (Å²) in [6.45, 7) is 4.51. The van der Waals surface area contributed by atoms with Gasteiger partial charge in [-0.05, 0) is 20.3 Å². The second kappa shape index (κ2) is 4.84. The highest BCUT2D eigenvalue weighted by atomic mass is 32.2. The van der Waals surface area contributed by atoms with Gasteiger partial charge in [0.2, 0.25) is 10.0 Å². The van der Waals surface area contributed by atoms with Crippen molar-refractivity contribution < 1.29 is 22.8 Å². The van der Waals surface area contributed by atoms with Crippen LogP contribution < -0.4 is 4.72 Å². The van der Waals surface area contributed by atoms with Gasteiger partial charge in [0.15, 0.2) is 5.76 Å². The van der Waals surface area contributed by atoms with E-state index >= 15 is 0 Å². The predicted octanol–water partition coefficient (Wildman–Crippen LogP) is 0.433. The van der Waals surface area contributed by atoms with Gasteiger partial charge in [0, 0.05) is 0 Å². The molecule has 1 aromatic rings. The maximum Gasteiger partial charge on any atom is 0.321 e. The first kappa shape index (κ1) is 13.7. The first-order valence-corrected chi connectivity index (χ1v) is 6.46. The Hall–Kier alpha value is -1.41. The Kier molecular flexibility index (Phi) is 3.89. The first-order valence-electron chi connectivity index (χ1n) is 4.97. The lowest BCUT2D eigenvalue weighted by Gasteiger charge is -2.12. The molecular weight excluding hydrogens is 248 g/mol. The third-order valence-corrected chi connectivity index (χ3v) is 3.96. The summed E-state index contributed by atoms with van der Waals surface area (Å²) >= 11 is 0. The highest BCUT2D eigenvalue weighted by Gasteiger charge is 2.29. The summed E-state index contributed by atoms with van der Waals surface area (Å²) in [6, 6.07) is -1.16. The number of hydrogen-bond acceptors (Lipinski definition) is 5. The van der Waals surface area contributed by atoms with Crippen LogP contribution in [0, 0.1) is 13.8 Å². The fraction of sp³-hybridized carbons (Fsp3) is 0.556. The van der Waals surface area contributed by atoms with Crippen LogP contribution in [0.3, 0.4) is 0 Å². The molecule has 96 valence electrons.